The molecule has 1 aromatic heterocycles. The van der Waals surface area contributed by atoms with Crippen LogP contribution in [0, 0.1) is 0 Å². The topological polar surface area (TPSA) is 73.9 Å². The van der Waals surface area contributed by atoms with Crippen LogP contribution in [0.15, 0.2) is 6.33 Å². The molecule has 1 aliphatic heterocycles. The summed E-state index contributed by atoms with van der Waals surface area (Å²) in [6.07, 6.45) is 5.95. The number of carbonyl (C=O) groups excluding carboxylic acids is 1. The molecular weight excluding hydrogens is 206 g/mol. The Hall–Kier alpha value is -1.43. The smallest absolute Gasteiger partial charge is 0.244 e. The molecule has 1 saturated heterocycles. The van der Waals surface area contributed by atoms with Gasteiger partial charge in [-0.05, 0) is 32.2 Å². The van der Waals surface area contributed by atoms with Crippen molar-refractivity contribution in [2.45, 2.75) is 37.8 Å². The van der Waals surface area contributed by atoms with Crippen molar-refractivity contribution in [3.8, 4) is 0 Å². The van der Waals surface area contributed by atoms with Crippen LogP contribution in [0.25, 0.3) is 0 Å². The van der Waals surface area contributed by atoms with Crippen LogP contribution in [-0.2, 0) is 4.79 Å². The third-order valence-corrected chi connectivity index (χ3v) is 3.27. The number of amides is 1. The van der Waals surface area contributed by atoms with Gasteiger partial charge in [0.2, 0.25) is 11.9 Å². The van der Waals surface area contributed by atoms with E-state index in [1.165, 1.54) is 19.2 Å². The van der Waals surface area contributed by atoms with Gasteiger partial charge in [-0.25, -0.2) is 5.10 Å². The van der Waals surface area contributed by atoms with Crippen LogP contribution in [0.3, 0.4) is 0 Å². The van der Waals surface area contributed by atoms with E-state index in [1.54, 1.807) is 0 Å². The van der Waals surface area contributed by atoms with Gasteiger partial charge in [-0.15, -0.1) is 0 Å². The molecule has 1 unspecified atom stereocenters. The van der Waals surface area contributed by atoms with Gasteiger partial charge in [-0.3, -0.25) is 15.0 Å². The van der Waals surface area contributed by atoms with Crippen LogP contribution >= 0.6 is 0 Å². The number of anilines is 1. The zero-order valence-corrected chi connectivity index (χ0v) is 9.02. The zero-order valence-electron chi connectivity index (χ0n) is 9.02. The first-order valence-corrected chi connectivity index (χ1v) is 5.76. The summed E-state index contributed by atoms with van der Waals surface area (Å²) in [5.41, 5.74) is 0. The van der Waals surface area contributed by atoms with Crippen LogP contribution in [-0.4, -0.2) is 44.6 Å². The fourth-order valence-corrected chi connectivity index (χ4v) is 2.38. The Morgan fingerprint density at radius 2 is 2.38 bits per heavy atom. The summed E-state index contributed by atoms with van der Waals surface area (Å²) in [7, 11) is 0. The Bertz CT molecular complexity index is 373. The van der Waals surface area contributed by atoms with E-state index in [0.29, 0.717) is 12.0 Å². The largest absolute Gasteiger partial charge is 0.294 e. The second kappa shape index (κ2) is 3.86. The summed E-state index contributed by atoms with van der Waals surface area (Å²) in [6.45, 7) is 1.05. The average Bonchev–Trinajstić information content (AvgIpc) is 2.82. The third kappa shape index (κ3) is 1.80. The van der Waals surface area contributed by atoms with Gasteiger partial charge in [0.05, 0.1) is 6.04 Å². The first-order chi connectivity index (χ1) is 7.84. The Balaban J connectivity index is 1.65. The van der Waals surface area contributed by atoms with E-state index in [0.717, 1.165) is 19.4 Å². The zero-order chi connectivity index (χ0) is 11.0. The molecule has 16 heavy (non-hydrogen) atoms. The van der Waals surface area contributed by atoms with Gasteiger partial charge in [0, 0.05) is 6.04 Å². The number of hydrogen-bond acceptors (Lipinski definition) is 4. The fourth-order valence-electron chi connectivity index (χ4n) is 2.38. The van der Waals surface area contributed by atoms with Crippen molar-refractivity contribution in [1.82, 2.24) is 20.1 Å². The van der Waals surface area contributed by atoms with Gasteiger partial charge in [-0.2, -0.15) is 10.1 Å². The lowest BCUT2D eigenvalue weighted by molar-refractivity contribution is -0.120. The fraction of sp³-hybridized carbons (Fsp3) is 0.700. The number of rotatable bonds is 3. The second-order valence-corrected chi connectivity index (χ2v) is 4.45. The third-order valence-electron chi connectivity index (χ3n) is 3.27. The minimum absolute atomic E-state index is 0.0256. The van der Waals surface area contributed by atoms with Crippen LogP contribution < -0.4 is 5.32 Å². The molecule has 0 bridgehead atoms. The van der Waals surface area contributed by atoms with Gasteiger partial charge >= 0.3 is 0 Å². The molecule has 1 atom stereocenters. The summed E-state index contributed by atoms with van der Waals surface area (Å²) in [5.74, 6) is 0.480. The predicted molar refractivity (Wildman–Crippen MR) is 57.8 cm³/mol. The highest BCUT2D eigenvalue weighted by atomic mass is 16.2. The normalized spacial score (nSPS) is 25.9. The number of likely N-dealkylation sites (tertiary alicyclic amines) is 1. The molecule has 2 fully saturated rings. The van der Waals surface area contributed by atoms with Crippen molar-refractivity contribution >= 4 is 11.9 Å². The lowest BCUT2D eigenvalue weighted by Crippen LogP contribution is -2.41. The van der Waals surface area contributed by atoms with E-state index in [2.05, 4.69) is 25.4 Å². The molecule has 1 amide bonds. The molecule has 2 heterocycles. The lowest BCUT2D eigenvalue weighted by Gasteiger charge is -2.22. The standard InChI is InChI=1S/C10H15N5O/c16-9(13-10-11-6-12-14-10)8-2-1-5-15(8)7-3-4-7/h6-8H,1-5H2,(H2,11,12,13,14,16). The van der Waals surface area contributed by atoms with E-state index in [-0.39, 0.29) is 11.9 Å². The minimum Gasteiger partial charge on any atom is -0.294 e. The average molecular weight is 221 g/mol. The molecule has 1 saturated carbocycles. The van der Waals surface area contributed by atoms with E-state index >= 15 is 0 Å². The molecule has 0 spiro atoms. The van der Waals surface area contributed by atoms with E-state index in [4.69, 9.17) is 0 Å². The molecule has 1 aromatic rings. The van der Waals surface area contributed by atoms with Crippen LogP contribution in [0.4, 0.5) is 5.95 Å². The molecule has 6 heteroatoms. The summed E-state index contributed by atoms with van der Waals surface area (Å²) in [6, 6.07) is 0.672. The summed E-state index contributed by atoms with van der Waals surface area (Å²) in [4.78, 5) is 18.2. The number of H-pyrrole nitrogens is 1. The van der Waals surface area contributed by atoms with E-state index in [1.807, 2.05) is 0 Å². The number of aromatic amines is 1. The Morgan fingerprint density at radius 3 is 3.06 bits per heavy atom. The van der Waals surface area contributed by atoms with Gasteiger partial charge < -0.3 is 0 Å². The first kappa shape index (κ1) is 9.77. The second-order valence-electron chi connectivity index (χ2n) is 4.45. The maximum atomic E-state index is 12.0. The van der Waals surface area contributed by atoms with Crippen molar-refractivity contribution in [2.24, 2.45) is 0 Å². The molecule has 1 aliphatic carbocycles. The van der Waals surface area contributed by atoms with Gasteiger partial charge in [0.25, 0.3) is 0 Å². The molecule has 2 N–H and O–H groups in total. The molecule has 86 valence electrons. The molecule has 3 rings (SSSR count). The van der Waals surface area contributed by atoms with Crippen LogP contribution in [0.2, 0.25) is 0 Å². The Kier molecular flexibility index (Phi) is 2.36. The first-order valence-electron chi connectivity index (χ1n) is 5.76. The highest BCUT2D eigenvalue weighted by molar-refractivity contribution is 5.93. The molecule has 0 aromatic carbocycles. The summed E-state index contributed by atoms with van der Waals surface area (Å²) >= 11 is 0. The summed E-state index contributed by atoms with van der Waals surface area (Å²) in [5, 5.41) is 9.11. The number of aromatic nitrogens is 3. The van der Waals surface area contributed by atoms with Gasteiger partial charge in [0.15, 0.2) is 0 Å². The Labute approximate surface area is 93.4 Å². The SMILES string of the molecule is O=C(Nc1ncn[nH]1)C1CCCN1C1CC1. The number of nitrogens with zero attached hydrogens (tertiary/aromatic N) is 3. The van der Waals surface area contributed by atoms with Crippen LogP contribution in [0.5, 0.6) is 0 Å². The number of hydrogen-bond donors (Lipinski definition) is 2. The number of nitrogens with one attached hydrogen (secondary N) is 2. The quantitative estimate of drug-likeness (QED) is 0.773. The van der Waals surface area contributed by atoms with Gasteiger partial charge in [-0.1, -0.05) is 0 Å². The van der Waals surface area contributed by atoms with Crippen molar-refractivity contribution in [3.63, 3.8) is 0 Å². The van der Waals surface area contributed by atoms with E-state index in [9.17, 15) is 4.79 Å². The van der Waals surface area contributed by atoms with Crippen molar-refractivity contribution < 1.29 is 4.79 Å². The van der Waals surface area contributed by atoms with Crippen molar-refractivity contribution in [1.29, 1.82) is 0 Å². The summed E-state index contributed by atoms with van der Waals surface area (Å²) < 4.78 is 0. The monoisotopic (exact) mass is 221 g/mol. The molecular formula is C10H15N5O. The number of carbonyl (C=O) groups is 1. The highest BCUT2D eigenvalue weighted by Crippen LogP contribution is 2.33. The maximum absolute atomic E-state index is 12.0. The Morgan fingerprint density at radius 1 is 1.50 bits per heavy atom. The molecule has 0 radical (unpaired) electrons. The predicted octanol–water partition coefficient (Wildman–Crippen LogP) is 0.370. The molecule has 2 aliphatic rings. The van der Waals surface area contributed by atoms with Gasteiger partial charge in [0.1, 0.15) is 6.33 Å². The van der Waals surface area contributed by atoms with Crippen LogP contribution in [0.1, 0.15) is 25.7 Å². The lowest BCUT2D eigenvalue weighted by atomic mass is 10.2. The highest BCUT2D eigenvalue weighted by Gasteiger charge is 2.40. The maximum Gasteiger partial charge on any atom is 0.244 e. The van der Waals surface area contributed by atoms with E-state index < -0.39 is 0 Å². The van der Waals surface area contributed by atoms with Crippen molar-refractivity contribution in [3.05, 3.63) is 6.33 Å². The molecule has 6 nitrogen and oxygen atoms in total. The van der Waals surface area contributed by atoms with Crippen molar-refractivity contribution in [2.75, 3.05) is 11.9 Å². The minimum atomic E-state index is 0.0256.